The van der Waals surface area contributed by atoms with E-state index in [-0.39, 0.29) is 11.9 Å². The third kappa shape index (κ3) is 3.51. The van der Waals surface area contributed by atoms with Gasteiger partial charge in [0.15, 0.2) is 0 Å². The zero-order valence-electron chi connectivity index (χ0n) is 12.5. The van der Waals surface area contributed by atoms with Gasteiger partial charge in [-0.25, -0.2) is 0 Å². The maximum absolute atomic E-state index is 11.3. The first kappa shape index (κ1) is 14.9. The maximum atomic E-state index is 11.3. The number of nitrogens with two attached hydrogens (primary N) is 1. The largest absolute Gasteiger partial charge is 0.371 e. The van der Waals surface area contributed by atoms with Crippen LogP contribution < -0.4 is 10.6 Å². The van der Waals surface area contributed by atoms with Gasteiger partial charge in [-0.1, -0.05) is 18.2 Å². The fourth-order valence-corrected chi connectivity index (χ4v) is 2.71. The van der Waals surface area contributed by atoms with Crippen LogP contribution in [0.15, 0.2) is 24.3 Å². The molecule has 4 nitrogen and oxygen atoms in total. The number of amides is 1. The third-order valence-electron chi connectivity index (χ3n) is 4.18. The molecule has 2 rings (SSSR count). The van der Waals surface area contributed by atoms with Crippen molar-refractivity contribution in [2.75, 3.05) is 25.0 Å². The number of primary amides is 1. The number of benzene rings is 1. The summed E-state index contributed by atoms with van der Waals surface area (Å²) in [6.45, 7) is 4.86. The van der Waals surface area contributed by atoms with Gasteiger partial charge >= 0.3 is 0 Å². The molecule has 0 radical (unpaired) electrons. The second-order valence-electron chi connectivity index (χ2n) is 5.67. The van der Waals surface area contributed by atoms with Gasteiger partial charge in [0, 0.05) is 25.3 Å². The molecule has 1 atom stereocenters. The summed E-state index contributed by atoms with van der Waals surface area (Å²) in [5.74, 6) is -0.275. The highest BCUT2D eigenvalue weighted by molar-refractivity contribution is 5.79. The van der Waals surface area contributed by atoms with Gasteiger partial charge in [-0.05, 0) is 44.9 Å². The molecule has 110 valence electrons. The van der Waals surface area contributed by atoms with Crippen molar-refractivity contribution in [3.63, 3.8) is 0 Å². The van der Waals surface area contributed by atoms with Gasteiger partial charge in [0.05, 0.1) is 6.04 Å². The van der Waals surface area contributed by atoms with Crippen LogP contribution >= 0.6 is 0 Å². The fraction of sp³-hybridized carbons (Fsp3) is 0.562. The first-order valence-electron chi connectivity index (χ1n) is 7.42. The minimum Gasteiger partial charge on any atom is -0.371 e. The molecule has 0 aliphatic carbocycles. The Labute approximate surface area is 121 Å². The second kappa shape index (κ2) is 6.75. The lowest BCUT2D eigenvalue weighted by molar-refractivity contribution is -0.122. The molecule has 1 aromatic carbocycles. The summed E-state index contributed by atoms with van der Waals surface area (Å²) in [6.07, 6.45) is 3.86. The van der Waals surface area contributed by atoms with Crippen molar-refractivity contribution in [1.29, 1.82) is 0 Å². The number of hydrogen-bond acceptors (Lipinski definition) is 3. The van der Waals surface area contributed by atoms with Gasteiger partial charge < -0.3 is 10.6 Å². The quantitative estimate of drug-likeness (QED) is 0.894. The first-order valence-corrected chi connectivity index (χ1v) is 7.42. The molecule has 1 amide bonds. The van der Waals surface area contributed by atoms with Gasteiger partial charge in [0.1, 0.15) is 0 Å². The van der Waals surface area contributed by atoms with Crippen LogP contribution in [-0.2, 0) is 11.3 Å². The normalized spacial score (nSPS) is 17.2. The Kier molecular flexibility index (Phi) is 5.01. The van der Waals surface area contributed by atoms with Crippen molar-refractivity contribution in [2.24, 2.45) is 5.73 Å². The van der Waals surface area contributed by atoms with Crippen LogP contribution in [0.3, 0.4) is 0 Å². The molecule has 1 heterocycles. The molecular weight excluding hydrogens is 250 g/mol. The van der Waals surface area contributed by atoms with E-state index < -0.39 is 0 Å². The smallest absolute Gasteiger partial charge is 0.234 e. The van der Waals surface area contributed by atoms with Crippen LogP contribution in [0.1, 0.15) is 31.7 Å². The van der Waals surface area contributed by atoms with E-state index in [0.29, 0.717) is 0 Å². The van der Waals surface area contributed by atoms with Crippen LogP contribution in [0.25, 0.3) is 0 Å². The zero-order valence-corrected chi connectivity index (χ0v) is 12.5. The number of hydrogen-bond donors (Lipinski definition) is 1. The molecule has 1 aliphatic rings. The zero-order chi connectivity index (χ0) is 14.5. The Morgan fingerprint density at radius 2 is 1.95 bits per heavy atom. The van der Waals surface area contributed by atoms with Crippen LogP contribution in [0.5, 0.6) is 0 Å². The van der Waals surface area contributed by atoms with E-state index in [1.54, 1.807) is 0 Å². The Morgan fingerprint density at radius 3 is 2.60 bits per heavy atom. The Bertz CT molecular complexity index is 455. The lowest BCUT2D eigenvalue weighted by atomic mass is 10.1. The number of nitrogens with zero attached hydrogens (tertiary/aromatic N) is 2. The van der Waals surface area contributed by atoms with Gasteiger partial charge in [-0.3, -0.25) is 9.69 Å². The molecule has 1 aromatic rings. The van der Waals surface area contributed by atoms with Crippen LogP contribution in [0.2, 0.25) is 0 Å². The van der Waals surface area contributed by atoms with Crippen molar-refractivity contribution >= 4 is 11.6 Å². The van der Waals surface area contributed by atoms with E-state index in [2.05, 4.69) is 29.2 Å². The van der Waals surface area contributed by atoms with Crippen LogP contribution in [0.4, 0.5) is 5.69 Å². The number of likely N-dealkylation sites (N-methyl/N-ethyl adjacent to an activating group) is 1. The minimum atomic E-state index is -0.275. The lowest BCUT2D eigenvalue weighted by Gasteiger charge is -2.32. The van der Waals surface area contributed by atoms with E-state index in [1.165, 1.54) is 30.5 Å². The highest BCUT2D eigenvalue weighted by Gasteiger charge is 2.18. The third-order valence-corrected chi connectivity index (χ3v) is 4.18. The summed E-state index contributed by atoms with van der Waals surface area (Å²) in [5.41, 5.74) is 7.95. The van der Waals surface area contributed by atoms with E-state index in [9.17, 15) is 4.79 Å². The molecule has 1 fully saturated rings. The predicted molar refractivity (Wildman–Crippen MR) is 82.6 cm³/mol. The number of anilines is 1. The number of carbonyl (C=O) groups excluding carboxylic acids is 1. The van der Waals surface area contributed by atoms with Crippen LogP contribution in [-0.4, -0.2) is 37.0 Å². The molecule has 2 N–H and O–H groups in total. The van der Waals surface area contributed by atoms with Gasteiger partial charge in [0.2, 0.25) is 5.91 Å². The van der Waals surface area contributed by atoms with Gasteiger partial charge in [-0.2, -0.15) is 0 Å². The summed E-state index contributed by atoms with van der Waals surface area (Å²) in [6, 6.07) is 8.23. The van der Waals surface area contributed by atoms with Crippen molar-refractivity contribution < 1.29 is 4.79 Å². The van der Waals surface area contributed by atoms with Gasteiger partial charge in [-0.15, -0.1) is 0 Å². The lowest BCUT2D eigenvalue weighted by Crippen LogP contribution is -2.40. The van der Waals surface area contributed by atoms with E-state index >= 15 is 0 Å². The molecule has 1 saturated heterocycles. The summed E-state index contributed by atoms with van der Waals surface area (Å²) >= 11 is 0. The highest BCUT2D eigenvalue weighted by atomic mass is 16.1. The molecule has 0 spiro atoms. The SMILES string of the molecule is C[C@@H](C(N)=O)N(C)Cc1ccccc1N1CCCCC1. The molecule has 0 bridgehead atoms. The van der Waals surface area contributed by atoms with E-state index in [4.69, 9.17) is 5.73 Å². The molecule has 20 heavy (non-hydrogen) atoms. The van der Waals surface area contributed by atoms with Crippen LogP contribution in [0, 0.1) is 0 Å². The van der Waals surface area contributed by atoms with Gasteiger partial charge in [0.25, 0.3) is 0 Å². The number of para-hydroxylation sites is 1. The number of piperidine rings is 1. The molecule has 4 heteroatoms. The summed E-state index contributed by atoms with van der Waals surface area (Å²) in [7, 11) is 1.95. The number of carbonyl (C=O) groups is 1. The molecule has 0 unspecified atom stereocenters. The number of rotatable bonds is 5. The highest BCUT2D eigenvalue weighted by Crippen LogP contribution is 2.25. The standard InChI is InChI=1S/C16H25N3O/c1-13(16(17)20)18(2)12-14-8-4-5-9-15(14)19-10-6-3-7-11-19/h4-5,8-9,13H,3,6-7,10-12H2,1-2H3,(H2,17,20)/t13-/m0/s1. The minimum absolute atomic E-state index is 0.246. The van der Waals surface area contributed by atoms with Crippen molar-refractivity contribution in [3.05, 3.63) is 29.8 Å². The molecule has 0 aromatic heterocycles. The maximum Gasteiger partial charge on any atom is 0.234 e. The Hall–Kier alpha value is -1.55. The summed E-state index contributed by atoms with van der Waals surface area (Å²) in [4.78, 5) is 15.8. The average molecular weight is 275 g/mol. The topological polar surface area (TPSA) is 49.6 Å². The fourth-order valence-electron chi connectivity index (χ4n) is 2.71. The Morgan fingerprint density at radius 1 is 1.30 bits per heavy atom. The first-order chi connectivity index (χ1) is 9.59. The van der Waals surface area contributed by atoms with E-state index in [0.717, 1.165) is 19.6 Å². The summed E-state index contributed by atoms with van der Waals surface area (Å²) < 4.78 is 0. The molecule has 1 aliphatic heterocycles. The molecule has 0 saturated carbocycles. The summed E-state index contributed by atoms with van der Waals surface area (Å²) in [5, 5.41) is 0. The van der Waals surface area contributed by atoms with Crippen molar-refractivity contribution in [2.45, 2.75) is 38.8 Å². The molecular formula is C16H25N3O. The van der Waals surface area contributed by atoms with Crippen molar-refractivity contribution in [1.82, 2.24) is 4.90 Å². The average Bonchev–Trinajstić information content (AvgIpc) is 2.47. The monoisotopic (exact) mass is 275 g/mol. The van der Waals surface area contributed by atoms with Crippen molar-refractivity contribution in [3.8, 4) is 0 Å². The Balaban J connectivity index is 2.13. The van der Waals surface area contributed by atoms with E-state index in [1.807, 2.05) is 18.9 Å². The second-order valence-corrected chi connectivity index (χ2v) is 5.67. The predicted octanol–water partition coefficient (Wildman–Crippen LogP) is 1.98.